The van der Waals surface area contributed by atoms with E-state index in [9.17, 15) is 19.8 Å². The van der Waals surface area contributed by atoms with E-state index in [4.69, 9.17) is 4.74 Å². The lowest BCUT2D eigenvalue weighted by Crippen LogP contribution is -2.46. The van der Waals surface area contributed by atoms with Crippen LogP contribution < -0.4 is 5.32 Å². The third kappa shape index (κ3) is 42.6. The van der Waals surface area contributed by atoms with Gasteiger partial charge >= 0.3 is 5.97 Å². The first kappa shape index (κ1) is 57.1. The molecular weight excluding hydrogens is 731 g/mol. The van der Waals surface area contributed by atoms with Crippen molar-refractivity contribution in [3.8, 4) is 0 Å². The molecule has 6 heteroatoms. The lowest BCUT2D eigenvalue weighted by Gasteiger charge is -2.24. The molecule has 1 amide bonds. The zero-order valence-corrected chi connectivity index (χ0v) is 39.4. The molecule has 0 aliphatic rings. The summed E-state index contributed by atoms with van der Waals surface area (Å²) < 4.78 is 5.92. The molecule has 3 N–H and O–H groups in total. The summed E-state index contributed by atoms with van der Waals surface area (Å²) in [6, 6.07) is -0.706. The SMILES string of the molecule is CCCCC/C=C\C/C=C\CCCCCCCC(CC(=O)NC(CO)C(O)CCCCCCCCCCCCC)OC(=O)CCCCC/C=C\CCCCCCCCC. The number of hydrogen-bond acceptors (Lipinski definition) is 5. The predicted molar refractivity (Wildman–Crippen MR) is 255 cm³/mol. The van der Waals surface area contributed by atoms with Crippen molar-refractivity contribution in [3.05, 3.63) is 36.5 Å². The average molecular weight is 830 g/mol. The highest BCUT2D eigenvalue weighted by molar-refractivity contribution is 5.77. The van der Waals surface area contributed by atoms with Crippen LogP contribution in [0.4, 0.5) is 0 Å². The molecule has 0 fully saturated rings. The second-order valence-corrected chi connectivity index (χ2v) is 17.6. The van der Waals surface area contributed by atoms with Crippen LogP contribution in [0.3, 0.4) is 0 Å². The van der Waals surface area contributed by atoms with Crippen molar-refractivity contribution in [1.29, 1.82) is 0 Å². The number of amides is 1. The molecule has 59 heavy (non-hydrogen) atoms. The number of carbonyl (C=O) groups excluding carboxylic acids is 2. The van der Waals surface area contributed by atoms with E-state index in [2.05, 4.69) is 62.5 Å². The van der Waals surface area contributed by atoms with Crippen LogP contribution in [-0.2, 0) is 14.3 Å². The molecule has 0 radical (unpaired) electrons. The van der Waals surface area contributed by atoms with Gasteiger partial charge in [-0.15, -0.1) is 0 Å². The Bertz CT molecular complexity index is 977. The van der Waals surface area contributed by atoms with Gasteiger partial charge in [0, 0.05) is 6.42 Å². The zero-order chi connectivity index (χ0) is 43.1. The molecule has 346 valence electrons. The van der Waals surface area contributed by atoms with Crippen LogP contribution >= 0.6 is 0 Å². The monoisotopic (exact) mass is 830 g/mol. The van der Waals surface area contributed by atoms with Gasteiger partial charge in [-0.2, -0.15) is 0 Å². The highest BCUT2D eigenvalue weighted by atomic mass is 16.5. The van der Waals surface area contributed by atoms with Gasteiger partial charge in [-0.25, -0.2) is 0 Å². The minimum atomic E-state index is -0.791. The Morgan fingerprint density at radius 3 is 1.34 bits per heavy atom. The first-order valence-corrected chi connectivity index (χ1v) is 25.7. The van der Waals surface area contributed by atoms with Crippen molar-refractivity contribution < 1.29 is 24.5 Å². The number of aliphatic hydroxyl groups is 2. The summed E-state index contributed by atoms with van der Waals surface area (Å²) in [7, 11) is 0. The van der Waals surface area contributed by atoms with Gasteiger partial charge in [0.05, 0.1) is 25.2 Å². The number of carbonyl (C=O) groups is 2. The number of unbranched alkanes of at least 4 members (excludes halogenated alkanes) is 28. The number of rotatable bonds is 46. The molecule has 0 heterocycles. The fourth-order valence-corrected chi connectivity index (χ4v) is 7.75. The smallest absolute Gasteiger partial charge is 0.306 e. The Hall–Kier alpha value is -1.92. The predicted octanol–water partition coefficient (Wildman–Crippen LogP) is 15.3. The van der Waals surface area contributed by atoms with E-state index in [1.54, 1.807) is 0 Å². The summed E-state index contributed by atoms with van der Waals surface area (Å²) in [5.74, 6) is -0.499. The van der Waals surface area contributed by atoms with Gasteiger partial charge in [0.25, 0.3) is 0 Å². The standard InChI is InChI=1S/C53H99NO5/c1-4-7-10-13-16-19-22-24-26-27-30-32-35-38-41-44-49(59-53(58)46-43-40-37-34-31-28-25-23-20-17-14-11-8-5-2)47-52(57)54-50(48-55)51(56)45-42-39-36-33-29-21-18-15-12-9-6-3/h16,19,24,26,28,31,49-51,55-56H,4-15,17-18,20-23,25,27,29-30,32-48H2,1-3H3,(H,54,57)/b19-16-,26-24-,31-28-. The molecule has 0 aromatic carbocycles. The van der Waals surface area contributed by atoms with Crippen LogP contribution in [-0.4, -0.2) is 46.9 Å². The fraction of sp³-hybridized carbons (Fsp3) is 0.849. The van der Waals surface area contributed by atoms with E-state index in [1.807, 2.05) is 0 Å². The molecule has 6 nitrogen and oxygen atoms in total. The number of aliphatic hydroxyl groups excluding tert-OH is 2. The third-order valence-corrected chi connectivity index (χ3v) is 11.7. The van der Waals surface area contributed by atoms with Crippen molar-refractivity contribution in [3.63, 3.8) is 0 Å². The Kier molecular flexibility index (Phi) is 45.6. The van der Waals surface area contributed by atoms with E-state index in [1.165, 1.54) is 141 Å². The number of esters is 1. The molecule has 0 saturated carbocycles. The first-order valence-electron chi connectivity index (χ1n) is 25.7. The second kappa shape index (κ2) is 47.1. The quantitative estimate of drug-likeness (QED) is 0.0323. The van der Waals surface area contributed by atoms with Crippen LogP contribution in [0, 0.1) is 0 Å². The number of hydrogen-bond donors (Lipinski definition) is 3. The third-order valence-electron chi connectivity index (χ3n) is 11.7. The minimum absolute atomic E-state index is 0.0643. The van der Waals surface area contributed by atoms with Gasteiger partial charge in [0.1, 0.15) is 6.10 Å². The van der Waals surface area contributed by atoms with E-state index in [-0.39, 0.29) is 24.9 Å². The van der Waals surface area contributed by atoms with Gasteiger partial charge in [0.2, 0.25) is 5.91 Å². The van der Waals surface area contributed by atoms with Gasteiger partial charge in [-0.05, 0) is 83.5 Å². The summed E-state index contributed by atoms with van der Waals surface area (Å²) in [6.45, 7) is 6.45. The van der Waals surface area contributed by atoms with Crippen LogP contribution in [0.25, 0.3) is 0 Å². The van der Waals surface area contributed by atoms with Crippen molar-refractivity contribution in [2.24, 2.45) is 0 Å². The van der Waals surface area contributed by atoms with Gasteiger partial charge in [-0.1, -0.05) is 205 Å². The van der Waals surface area contributed by atoms with Crippen LogP contribution in [0.2, 0.25) is 0 Å². The van der Waals surface area contributed by atoms with Crippen molar-refractivity contribution >= 4 is 11.9 Å². The van der Waals surface area contributed by atoms with Crippen LogP contribution in [0.5, 0.6) is 0 Å². The van der Waals surface area contributed by atoms with Gasteiger partial charge in [-0.3, -0.25) is 9.59 Å². The zero-order valence-electron chi connectivity index (χ0n) is 39.4. The van der Waals surface area contributed by atoms with E-state index in [0.717, 1.165) is 77.0 Å². The molecule has 0 spiro atoms. The second-order valence-electron chi connectivity index (χ2n) is 17.6. The molecule has 3 atom stereocenters. The normalized spacial score (nSPS) is 13.5. The molecule has 0 aliphatic heterocycles. The molecule has 0 aromatic heterocycles. The van der Waals surface area contributed by atoms with E-state index >= 15 is 0 Å². The maximum atomic E-state index is 13.2. The fourth-order valence-electron chi connectivity index (χ4n) is 7.75. The summed E-state index contributed by atoms with van der Waals surface area (Å²) in [6.07, 6.45) is 54.8. The maximum absolute atomic E-state index is 13.2. The van der Waals surface area contributed by atoms with Crippen molar-refractivity contribution in [2.75, 3.05) is 6.61 Å². The largest absolute Gasteiger partial charge is 0.462 e. The molecule has 3 unspecified atom stereocenters. The highest BCUT2D eigenvalue weighted by Gasteiger charge is 2.24. The Morgan fingerprint density at radius 1 is 0.492 bits per heavy atom. The van der Waals surface area contributed by atoms with Crippen LogP contribution in [0.15, 0.2) is 36.5 Å². The Morgan fingerprint density at radius 2 is 0.864 bits per heavy atom. The molecular formula is C53H99NO5. The topological polar surface area (TPSA) is 95.9 Å². The molecule has 0 aromatic rings. The highest BCUT2D eigenvalue weighted by Crippen LogP contribution is 2.17. The van der Waals surface area contributed by atoms with Gasteiger partial charge in [0.15, 0.2) is 0 Å². The molecule has 0 saturated heterocycles. The Labute approximate surface area is 366 Å². The summed E-state index contributed by atoms with van der Waals surface area (Å²) in [5.41, 5.74) is 0. The lowest BCUT2D eigenvalue weighted by atomic mass is 10.0. The van der Waals surface area contributed by atoms with Gasteiger partial charge < -0.3 is 20.3 Å². The van der Waals surface area contributed by atoms with E-state index < -0.39 is 18.2 Å². The lowest BCUT2D eigenvalue weighted by molar-refractivity contribution is -0.151. The molecule has 0 aliphatic carbocycles. The summed E-state index contributed by atoms with van der Waals surface area (Å²) in [4.78, 5) is 26.1. The number of allylic oxidation sites excluding steroid dienone is 6. The number of ether oxygens (including phenoxy) is 1. The number of nitrogens with one attached hydrogen (secondary N) is 1. The maximum Gasteiger partial charge on any atom is 0.306 e. The molecule has 0 bridgehead atoms. The van der Waals surface area contributed by atoms with Crippen LogP contribution in [0.1, 0.15) is 265 Å². The molecule has 0 rings (SSSR count). The van der Waals surface area contributed by atoms with Crippen molar-refractivity contribution in [1.82, 2.24) is 5.32 Å². The minimum Gasteiger partial charge on any atom is -0.462 e. The summed E-state index contributed by atoms with van der Waals surface area (Å²) in [5, 5.41) is 23.7. The Balaban J connectivity index is 4.63. The van der Waals surface area contributed by atoms with Crippen molar-refractivity contribution in [2.45, 2.75) is 283 Å². The van der Waals surface area contributed by atoms with E-state index in [0.29, 0.717) is 19.3 Å². The first-order chi connectivity index (χ1) is 29.0. The average Bonchev–Trinajstić information content (AvgIpc) is 3.23. The summed E-state index contributed by atoms with van der Waals surface area (Å²) >= 11 is 0.